The summed E-state index contributed by atoms with van der Waals surface area (Å²) < 4.78 is 5.07. The summed E-state index contributed by atoms with van der Waals surface area (Å²) in [5.41, 5.74) is 2.71. The SMILES string of the molecule is COc1ccc(NC(=O)NCCC(=O)NCCc2cccc3cccnc23)cc1. The number of nitrogens with zero attached hydrogens (tertiary/aromatic N) is 1. The van der Waals surface area contributed by atoms with Gasteiger partial charge in [0.25, 0.3) is 0 Å². The highest BCUT2D eigenvalue weighted by Crippen LogP contribution is 2.16. The van der Waals surface area contributed by atoms with Gasteiger partial charge in [0, 0.05) is 36.8 Å². The van der Waals surface area contributed by atoms with Crippen LogP contribution in [-0.4, -0.2) is 37.1 Å². The molecule has 0 fully saturated rings. The van der Waals surface area contributed by atoms with E-state index in [1.807, 2.05) is 30.3 Å². The Morgan fingerprint density at radius 2 is 1.76 bits per heavy atom. The van der Waals surface area contributed by atoms with E-state index in [0.717, 1.165) is 16.5 Å². The first-order valence-corrected chi connectivity index (χ1v) is 9.44. The van der Waals surface area contributed by atoms with E-state index in [1.54, 1.807) is 37.6 Å². The second-order valence-corrected chi connectivity index (χ2v) is 6.45. The van der Waals surface area contributed by atoms with Crippen molar-refractivity contribution < 1.29 is 14.3 Å². The van der Waals surface area contributed by atoms with Gasteiger partial charge in [0.05, 0.1) is 12.6 Å². The fourth-order valence-electron chi connectivity index (χ4n) is 2.93. The minimum absolute atomic E-state index is 0.108. The predicted octanol–water partition coefficient (Wildman–Crippen LogP) is 3.11. The molecule has 0 saturated carbocycles. The lowest BCUT2D eigenvalue weighted by Gasteiger charge is -2.09. The molecule has 7 nitrogen and oxygen atoms in total. The molecule has 0 aliphatic rings. The Morgan fingerprint density at radius 3 is 2.55 bits per heavy atom. The molecule has 3 N–H and O–H groups in total. The number of methoxy groups -OCH3 is 1. The maximum atomic E-state index is 12.0. The molecule has 0 spiro atoms. The maximum Gasteiger partial charge on any atom is 0.319 e. The van der Waals surface area contributed by atoms with Gasteiger partial charge in [-0.3, -0.25) is 9.78 Å². The third kappa shape index (κ3) is 5.93. The zero-order valence-corrected chi connectivity index (χ0v) is 16.3. The van der Waals surface area contributed by atoms with Crippen molar-refractivity contribution in [2.24, 2.45) is 0 Å². The molecule has 3 rings (SSSR count). The molecule has 3 aromatic rings. The molecule has 29 heavy (non-hydrogen) atoms. The molecule has 1 heterocycles. The number of ether oxygens (including phenoxy) is 1. The number of hydrogen-bond acceptors (Lipinski definition) is 4. The number of aromatic nitrogens is 1. The summed E-state index contributed by atoms with van der Waals surface area (Å²) in [4.78, 5) is 28.3. The largest absolute Gasteiger partial charge is 0.497 e. The Hall–Kier alpha value is -3.61. The summed E-state index contributed by atoms with van der Waals surface area (Å²) in [7, 11) is 1.58. The Labute approximate surface area is 169 Å². The first-order valence-electron chi connectivity index (χ1n) is 9.44. The number of benzene rings is 2. The number of hydrogen-bond donors (Lipinski definition) is 3. The van der Waals surface area contributed by atoms with Crippen LogP contribution in [0.15, 0.2) is 60.8 Å². The van der Waals surface area contributed by atoms with Crippen molar-refractivity contribution in [2.45, 2.75) is 12.8 Å². The number of amides is 3. The lowest BCUT2D eigenvalue weighted by atomic mass is 10.1. The van der Waals surface area contributed by atoms with E-state index in [9.17, 15) is 9.59 Å². The van der Waals surface area contributed by atoms with Gasteiger partial charge in [-0.1, -0.05) is 24.3 Å². The van der Waals surface area contributed by atoms with Crippen LogP contribution in [-0.2, 0) is 11.2 Å². The number of carbonyl (C=O) groups excluding carboxylic acids is 2. The molecular formula is C22H24N4O3. The Morgan fingerprint density at radius 1 is 0.966 bits per heavy atom. The normalized spacial score (nSPS) is 10.4. The van der Waals surface area contributed by atoms with Crippen molar-refractivity contribution in [1.82, 2.24) is 15.6 Å². The fourth-order valence-corrected chi connectivity index (χ4v) is 2.93. The predicted molar refractivity (Wildman–Crippen MR) is 113 cm³/mol. The standard InChI is InChI=1S/C22H24N4O3/c1-29-19-9-7-18(8-10-19)26-22(28)25-15-12-20(27)23-14-11-17-5-2-4-16-6-3-13-24-21(16)17/h2-10,13H,11-12,14-15H2,1H3,(H,23,27)(H2,25,26,28). The quantitative estimate of drug-likeness (QED) is 0.549. The number of urea groups is 1. The number of para-hydroxylation sites is 1. The highest BCUT2D eigenvalue weighted by Gasteiger charge is 2.06. The minimum Gasteiger partial charge on any atom is -0.497 e. The molecule has 7 heteroatoms. The summed E-state index contributed by atoms with van der Waals surface area (Å²) >= 11 is 0. The summed E-state index contributed by atoms with van der Waals surface area (Å²) in [5.74, 6) is 0.606. The second kappa shape index (κ2) is 10.1. The van der Waals surface area contributed by atoms with Gasteiger partial charge in [-0.2, -0.15) is 0 Å². The smallest absolute Gasteiger partial charge is 0.319 e. The number of pyridine rings is 1. The summed E-state index contributed by atoms with van der Waals surface area (Å²) in [6.45, 7) is 0.774. The Bertz CT molecular complexity index is 968. The molecule has 3 amide bonds. The average molecular weight is 392 g/mol. The number of nitrogens with one attached hydrogen (secondary N) is 3. The van der Waals surface area contributed by atoms with Crippen LogP contribution in [0.1, 0.15) is 12.0 Å². The van der Waals surface area contributed by atoms with Crippen molar-refractivity contribution in [3.8, 4) is 5.75 Å². The second-order valence-electron chi connectivity index (χ2n) is 6.45. The monoisotopic (exact) mass is 392 g/mol. The van der Waals surface area contributed by atoms with Gasteiger partial charge in [-0.05, 0) is 42.3 Å². The molecule has 0 aliphatic heterocycles. The molecule has 0 radical (unpaired) electrons. The first kappa shape index (κ1) is 20.1. The summed E-state index contributed by atoms with van der Waals surface area (Å²) in [6.07, 6.45) is 2.68. The zero-order chi connectivity index (χ0) is 20.5. The van der Waals surface area contributed by atoms with Gasteiger partial charge >= 0.3 is 6.03 Å². The molecule has 1 aromatic heterocycles. The minimum atomic E-state index is -0.357. The van der Waals surface area contributed by atoms with Crippen LogP contribution in [0.5, 0.6) is 5.75 Å². The van der Waals surface area contributed by atoms with E-state index in [1.165, 1.54) is 0 Å². The molecule has 2 aromatic carbocycles. The van der Waals surface area contributed by atoms with Gasteiger partial charge in [0.2, 0.25) is 5.91 Å². The molecule has 0 aliphatic carbocycles. The number of anilines is 1. The third-order valence-corrected chi connectivity index (χ3v) is 4.42. The van der Waals surface area contributed by atoms with Crippen molar-refractivity contribution in [2.75, 3.05) is 25.5 Å². The van der Waals surface area contributed by atoms with E-state index in [4.69, 9.17) is 4.74 Å². The van der Waals surface area contributed by atoms with Crippen LogP contribution >= 0.6 is 0 Å². The average Bonchev–Trinajstić information content (AvgIpc) is 2.74. The van der Waals surface area contributed by atoms with Crippen molar-refractivity contribution in [1.29, 1.82) is 0 Å². The number of carbonyl (C=O) groups is 2. The lowest BCUT2D eigenvalue weighted by Crippen LogP contribution is -2.33. The van der Waals surface area contributed by atoms with E-state index in [-0.39, 0.29) is 24.9 Å². The van der Waals surface area contributed by atoms with Gasteiger partial charge in [-0.25, -0.2) is 4.79 Å². The molecular weight excluding hydrogens is 368 g/mol. The van der Waals surface area contributed by atoms with Crippen LogP contribution in [0, 0.1) is 0 Å². The fraction of sp³-hybridized carbons (Fsp3) is 0.227. The zero-order valence-electron chi connectivity index (χ0n) is 16.3. The van der Waals surface area contributed by atoms with E-state index < -0.39 is 0 Å². The van der Waals surface area contributed by atoms with Gasteiger partial charge in [0.15, 0.2) is 0 Å². The molecule has 0 bridgehead atoms. The van der Waals surface area contributed by atoms with Crippen LogP contribution in [0.3, 0.4) is 0 Å². The van der Waals surface area contributed by atoms with Crippen LogP contribution < -0.4 is 20.7 Å². The number of fused-ring (bicyclic) bond motifs is 1. The highest BCUT2D eigenvalue weighted by atomic mass is 16.5. The van der Waals surface area contributed by atoms with Crippen LogP contribution in [0.25, 0.3) is 10.9 Å². The van der Waals surface area contributed by atoms with Crippen molar-refractivity contribution in [3.05, 3.63) is 66.4 Å². The van der Waals surface area contributed by atoms with Crippen molar-refractivity contribution in [3.63, 3.8) is 0 Å². The van der Waals surface area contributed by atoms with Crippen molar-refractivity contribution >= 4 is 28.5 Å². The van der Waals surface area contributed by atoms with Gasteiger partial charge < -0.3 is 20.7 Å². The lowest BCUT2D eigenvalue weighted by molar-refractivity contribution is -0.120. The van der Waals surface area contributed by atoms with E-state index >= 15 is 0 Å². The van der Waals surface area contributed by atoms with E-state index in [0.29, 0.717) is 24.4 Å². The summed E-state index contributed by atoms with van der Waals surface area (Å²) in [5, 5.41) is 9.34. The van der Waals surface area contributed by atoms with Crippen LogP contribution in [0.4, 0.5) is 10.5 Å². The maximum absolute atomic E-state index is 12.0. The Kier molecular flexibility index (Phi) is 7.00. The summed E-state index contributed by atoms with van der Waals surface area (Å²) in [6, 6.07) is 16.6. The highest BCUT2D eigenvalue weighted by molar-refractivity contribution is 5.89. The molecule has 0 atom stereocenters. The first-order chi connectivity index (χ1) is 14.2. The van der Waals surface area contributed by atoms with Crippen LogP contribution in [0.2, 0.25) is 0 Å². The topological polar surface area (TPSA) is 92.4 Å². The number of rotatable bonds is 8. The van der Waals surface area contributed by atoms with Gasteiger partial charge in [-0.15, -0.1) is 0 Å². The van der Waals surface area contributed by atoms with Gasteiger partial charge in [0.1, 0.15) is 5.75 Å². The third-order valence-electron chi connectivity index (χ3n) is 4.42. The molecule has 150 valence electrons. The molecule has 0 unspecified atom stereocenters. The Balaban J connectivity index is 1.36. The molecule has 0 saturated heterocycles. The van der Waals surface area contributed by atoms with E-state index in [2.05, 4.69) is 20.9 Å².